The van der Waals surface area contributed by atoms with Crippen molar-refractivity contribution in [1.82, 2.24) is 5.32 Å². The largest absolute Gasteiger partial charge is 0.472 e. The molecule has 0 radical (unpaired) electrons. The molecule has 8 unspecified atom stereocenters. The molecule has 0 spiro atoms. The van der Waals surface area contributed by atoms with Gasteiger partial charge in [-0.25, -0.2) is 4.57 Å². The van der Waals surface area contributed by atoms with Gasteiger partial charge in [0.05, 0.1) is 31.3 Å². The van der Waals surface area contributed by atoms with Gasteiger partial charge in [0.1, 0.15) is 36.6 Å². The quantitative estimate of drug-likeness (QED) is 0.0164. The van der Waals surface area contributed by atoms with Crippen molar-refractivity contribution in [3.8, 4) is 0 Å². The van der Waals surface area contributed by atoms with E-state index in [0.717, 1.165) is 44.9 Å². The number of aliphatic hydroxyl groups is 7. The fourth-order valence-electron chi connectivity index (χ4n) is 7.71. The molecule has 1 fully saturated rings. The Morgan fingerprint density at radius 1 is 0.593 bits per heavy atom. The monoisotopic (exact) mass is 866 g/mol. The van der Waals surface area contributed by atoms with Crippen LogP contribution in [0, 0.1) is 0 Å². The molecule has 1 aliphatic carbocycles. The minimum atomic E-state index is -5.13. The summed E-state index contributed by atoms with van der Waals surface area (Å²) in [5.41, 5.74) is 0. The molecule has 14 heteroatoms. The Morgan fingerprint density at radius 3 is 1.39 bits per heavy atom. The van der Waals surface area contributed by atoms with Crippen LogP contribution in [0.5, 0.6) is 0 Å². The number of hydrogen-bond donors (Lipinski definition) is 9. The standard InChI is InChI=1S/C45H88NO12P/c1-3-5-7-9-11-13-15-17-18-19-20-21-22-24-26-28-30-32-36(47)34-39(49)46-37(38(48)33-31-29-27-25-23-16-14-12-10-8-6-4-2)35-57-59(55,56)58-45-43(53)41(51)40(50)42(52)44(45)54/h31,33,36-38,40-45,47-48,50-54H,3-30,32,34-35H2,1-2H3,(H,46,49)(H,55,56)/b33-31+. The highest BCUT2D eigenvalue weighted by molar-refractivity contribution is 7.47. The van der Waals surface area contributed by atoms with Crippen LogP contribution in [-0.4, -0.2) is 108 Å². The molecule has 13 nitrogen and oxygen atoms in total. The summed E-state index contributed by atoms with van der Waals surface area (Å²) >= 11 is 0. The van der Waals surface area contributed by atoms with Gasteiger partial charge in [-0.15, -0.1) is 0 Å². The van der Waals surface area contributed by atoms with Crippen molar-refractivity contribution in [2.24, 2.45) is 0 Å². The van der Waals surface area contributed by atoms with E-state index in [-0.39, 0.29) is 6.42 Å². The normalized spacial score (nSPS) is 23.6. The number of rotatable bonds is 39. The summed E-state index contributed by atoms with van der Waals surface area (Å²) in [6.07, 6.45) is 23.0. The van der Waals surface area contributed by atoms with E-state index in [4.69, 9.17) is 9.05 Å². The molecular weight excluding hydrogens is 777 g/mol. The molecule has 0 aromatic carbocycles. The number of carbonyl (C=O) groups excluding carboxylic acids is 1. The SMILES string of the molecule is CCCCCCCCCCCC/C=C/C(O)C(COP(=O)(O)OC1C(O)C(O)C(O)C(O)C1O)NC(=O)CC(O)CCCCCCCCCCCCCCCCCCC. The molecule has 0 aliphatic heterocycles. The van der Waals surface area contributed by atoms with Crippen LogP contribution < -0.4 is 5.32 Å². The molecule has 8 atom stereocenters. The molecule has 1 saturated carbocycles. The zero-order chi connectivity index (χ0) is 43.7. The van der Waals surface area contributed by atoms with Crippen LogP contribution in [0.4, 0.5) is 0 Å². The zero-order valence-corrected chi connectivity index (χ0v) is 37.8. The lowest BCUT2D eigenvalue weighted by Crippen LogP contribution is -2.64. The Morgan fingerprint density at radius 2 is 0.966 bits per heavy atom. The van der Waals surface area contributed by atoms with E-state index in [9.17, 15) is 50.0 Å². The molecule has 9 N–H and O–H groups in total. The summed E-state index contributed by atoms with van der Waals surface area (Å²) in [5.74, 6) is -0.590. The summed E-state index contributed by atoms with van der Waals surface area (Å²) in [6.45, 7) is 3.73. The Balaban J connectivity index is 2.50. The number of hydrogen-bond acceptors (Lipinski definition) is 11. The van der Waals surface area contributed by atoms with Crippen LogP contribution in [0.2, 0.25) is 0 Å². The summed E-state index contributed by atoms with van der Waals surface area (Å²) in [4.78, 5) is 23.4. The van der Waals surface area contributed by atoms with Crippen molar-refractivity contribution in [2.45, 2.75) is 261 Å². The lowest BCUT2D eigenvalue weighted by atomic mass is 9.85. The molecule has 0 heterocycles. The molecule has 1 aliphatic rings. The van der Waals surface area contributed by atoms with Crippen LogP contribution >= 0.6 is 7.82 Å². The molecule has 0 aromatic rings. The first-order valence-electron chi connectivity index (χ1n) is 23.7. The second-order valence-corrected chi connectivity index (χ2v) is 18.6. The molecule has 1 rings (SSSR count). The first-order valence-corrected chi connectivity index (χ1v) is 25.2. The highest BCUT2D eigenvalue weighted by Gasteiger charge is 2.51. The van der Waals surface area contributed by atoms with Gasteiger partial charge in [-0.05, 0) is 19.3 Å². The Kier molecular flexibility index (Phi) is 33.7. The topological polar surface area (TPSA) is 226 Å². The minimum Gasteiger partial charge on any atom is -0.393 e. The number of unbranched alkanes of at least 4 members (excludes halogenated alkanes) is 26. The zero-order valence-electron chi connectivity index (χ0n) is 36.9. The molecule has 1 amide bonds. The van der Waals surface area contributed by atoms with Crippen molar-refractivity contribution < 1.29 is 59.0 Å². The van der Waals surface area contributed by atoms with Gasteiger partial charge >= 0.3 is 7.82 Å². The Hall–Kier alpha value is -0.960. The van der Waals surface area contributed by atoms with Gasteiger partial charge in [0.2, 0.25) is 5.91 Å². The van der Waals surface area contributed by atoms with Crippen LogP contribution in [0.15, 0.2) is 12.2 Å². The number of carbonyl (C=O) groups is 1. The average molecular weight is 866 g/mol. The van der Waals surface area contributed by atoms with Crippen molar-refractivity contribution in [3.63, 3.8) is 0 Å². The maximum absolute atomic E-state index is 13.0. The van der Waals surface area contributed by atoms with Crippen molar-refractivity contribution in [2.75, 3.05) is 6.61 Å². The predicted molar refractivity (Wildman–Crippen MR) is 234 cm³/mol. The lowest BCUT2D eigenvalue weighted by Gasteiger charge is -2.41. The smallest absolute Gasteiger partial charge is 0.393 e. The maximum Gasteiger partial charge on any atom is 0.472 e. The van der Waals surface area contributed by atoms with Gasteiger partial charge in [0.15, 0.2) is 0 Å². The van der Waals surface area contributed by atoms with Gasteiger partial charge in [-0.1, -0.05) is 193 Å². The molecule has 0 saturated heterocycles. The minimum absolute atomic E-state index is 0.240. The predicted octanol–water partition coefficient (Wildman–Crippen LogP) is 7.81. The van der Waals surface area contributed by atoms with E-state index in [1.807, 2.05) is 0 Å². The third kappa shape index (κ3) is 27.7. The third-order valence-electron chi connectivity index (χ3n) is 11.6. The van der Waals surface area contributed by atoms with Gasteiger partial charge in [-0.2, -0.15) is 0 Å². The van der Waals surface area contributed by atoms with E-state index in [1.54, 1.807) is 6.08 Å². The molecular formula is C45H88NO12P. The van der Waals surface area contributed by atoms with E-state index in [0.29, 0.717) is 12.8 Å². The summed E-state index contributed by atoms with van der Waals surface area (Å²) < 4.78 is 22.8. The molecule has 0 bridgehead atoms. The van der Waals surface area contributed by atoms with E-state index in [2.05, 4.69) is 19.2 Å². The van der Waals surface area contributed by atoms with Gasteiger partial charge in [-0.3, -0.25) is 13.8 Å². The highest BCUT2D eigenvalue weighted by atomic mass is 31.2. The first kappa shape index (κ1) is 56.1. The first-order chi connectivity index (χ1) is 28.3. The fourth-order valence-corrected chi connectivity index (χ4v) is 8.68. The van der Waals surface area contributed by atoms with Crippen molar-refractivity contribution in [3.05, 3.63) is 12.2 Å². The van der Waals surface area contributed by atoms with Crippen molar-refractivity contribution in [1.29, 1.82) is 0 Å². The second-order valence-electron chi connectivity index (χ2n) is 17.2. The van der Waals surface area contributed by atoms with Crippen LogP contribution in [0.25, 0.3) is 0 Å². The van der Waals surface area contributed by atoms with Crippen molar-refractivity contribution >= 4 is 13.7 Å². The average Bonchev–Trinajstić information content (AvgIpc) is 3.21. The number of aliphatic hydroxyl groups excluding tert-OH is 7. The molecule has 350 valence electrons. The Labute approximate surface area is 357 Å². The van der Waals surface area contributed by atoms with Gasteiger partial charge in [0, 0.05) is 0 Å². The van der Waals surface area contributed by atoms with E-state index >= 15 is 0 Å². The molecule has 59 heavy (non-hydrogen) atoms. The van der Waals surface area contributed by atoms with E-state index < -0.39 is 75.2 Å². The second kappa shape index (κ2) is 35.5. The Bertz CT molecular complexity index is 1070. The number of phosphoric ester groups is 1. The number of phosphoric acid groups is 1. The van der Waals surface area contributed by atoms with Gasteiger partial charge in [0.25, 0.3) is 0 Å². The fraction of sp³-hybridized carbons (Fsp3) is 0.933. The van der Waals surface area contributed by atoms with Crippen LogP contribution in [0.3, 0.4) is 0 Å². The van der Waals surface area contributed by atoms with E-state index in [1.165, 1.54) is 134 Å². The molecule has 0 aromatic heterocycles. The summed E-state index contributed by atoms with van der Waals surface area (Å²) in [5, 5.41) is 74.4. The lowest BCUT2D eigenvalue weighted by molar-refractivity contribution is -0.220. The number of amides is 1. The summed E-state index contributed by atoms with van der Waals surface area (Å²) in [6, 6.07) is -1.23. The summed E-state index contributed by atoms with van der Waals surface area (Å²) in [7, 11) is -5.13. The number of nitrogens with one attached hydrogen (secondary N) is 1. The maximum atomic E-state index is 13.0. The van der Waals surface area contributed by atoms with Crippen LogP contribution in [0.1, 0.15) is 206 Å². The third-order valence-corrected chi connectivity index (χ3v) is 12.6. The highest BCUT2D eigenvalue weighted by Crippen LogP contribution is 2.47. The van der Waals surface area contributed by atoms with Crippen LogP contribution in [-0.2, 0) is 18.4 Å². The number of allylic oxidation sites excluding steroid dienone is 1. The van der Waals surface area contributed by atoms with Gasteiger partial charge < -0.3 is 46.0 Å².